The van der Waals surface area contributed by atoms with Gasteiger partial charge in [-0.1, -0.05) is 37.3 Å². The van der Waals surface area contributed by atoms with Gasteiger partial charge >= 0.3 is 0 Å². The molecule has 5 nitrogen and oxygen atoms in total. The number of aromatic nitrogens is 3. The van der Waals surface area contributed by atoms with E-state index in [-0.39, 0.29) is 11.7 Å². The van der Waals surface area contributed by atoms with Gasteiger partial charge in [0.1, 0.15) is 5.82 Å². The molecule has 4 rings (SSSR count). The van der Waals surface area contributed by atoms with Crippen LogP contribution in [0.3, 0.4) is 0 Å². The average Bonchev–Trinajstić information content (AvgIpc) is 3.07. The van der Waals surface area contributed by atoms with Crippen LogP contribution in [0.25, 0.3) is 16.8 Å². The minimum Gasteiger partial charge on any atom is -0.321 e. The molecule has 0 aliphatic rings. The van der Waals surface area contributed by atoms with Gasteiger partial charge in [0.15, 0.2) is 5.65 Å². The number of hydrogen-bond donors (Lipinski definition) is 1. The summed E-state index contributed by atoms with van der Waals surface area (Å²) in [4.78, 5) is 17.6. The number of amides is 1. The highest BCUT2D eigenvalue weighted by Gasteiger charge is 2.19. The Morgan fingerprint density at radius 1 is 1.10 bits per heavy atom. The molecule has 0 saturated carbocycles. The van der Waals surface area contributed by atoms with Crippen LogP contribution in [-0.2, 0) is 6.42 Å². The summed E-state index contributed by atoms with van der Waals surface area (Å²) in [5.74, 6) is -0.513. The number of nitrogens with zero attached hydrogens (tertiary/aromatic N) is 3. The Balaban J connectivity index is 1.76. The number of para-hydroxylation sites is 1. The third-order valence-corrected chi connectivity index (χ3v) is 5.42. The topological polar surface area (TPSA) is 59.3 Å². The fourth-order valence-corrected chi connectivity index (χ4v) is 3.76. The predicted molar refractivity (Wildman–Crippen MR) is 116 cm³/mol. The second-order valence-corrected chi connectivity index (χ2v) is 7.38. The molecule has 0 fully saturated rings. The third-order valence-electron chi connectivity index (χ3n) is 5.42. The Bertz CT molecular complexity index is 1260. The van der Waals surface area contributed by atoms with Crippen molar-refractivity contribution in [1.29, 1.82) is 0 Å². The fraction of sp³-hybridized carbons (Fsp3) is 0.208. The van der Waals surface area contributed by atoms with Crippen LogP contribution in [0, 0.1) is 26.6 Å². The van der Waals surface area contributed by atoms with Gasteiger partial charge in [0.05, 0.1) is 17.0 Å². The Morgan fingerprint density at radius 3 is 2.53 bits per heavy atom. The standard InChI is InChI=1S/C24H23FN4O/c1-5-17-8-6-7-14(2)22(17)27-24(30)20-13-26-23-21(15(3)28-29(23)16(20)4)18-9-11-19(25)12-10-18/h6-13H,5H2,1-4H3,(H,27,30). The number of fused-ring (bicyclic) bond motifs is 1. The lowest BCUT2D eigenvalue weighted by Crippen LogP contribution is -2.17. The molecule has 1 amide bonds. The lowest BCUT2D eigenvalue weighted by molar-refractivity contribution is 0.102. The van der Waals surface area contributed by atoms with Gasteiger partial charge in [-0.15, -0.1) is 0 Å². The molecule has 0 saturated heterocycles. The van der Waals surface area contributed by atoms with Crippen LogP contribution < -0.4 is 5.32 Å². The second kappa shape index (κ2) is 7.71. The third kappa shape index (κ3) is 3.34. The van der Waals surface area contributed by atoms with Gasteiger partial charge in [0.25, 0.3) is 5.91 Å². The Morgan fingerprint density at radius 2 is 1.83 bits per heavy atom. The van der Waals surface area contributed by atoms with Crippen LogP contribution in [0.2, 0.25) is 0 Å². The largest absolute Gasteiger partial charge is 0.321 e. The van der Waals surface area contributed by atoms with Gasteiger partial charge in [0.2, 0.25) is 0 Å². The second-order valence-electron chi connectivity index (χ2n) is 7.38. The van der Waals surface area contributed by atoms with E-state index in [0.29, 0.717) is 16.9 Å². The monoisotopic (exact) mass is 402 g/mol. The fourth-order valence-electron chi connectivity index (χ4n) is 3.76. The summed E-state index contributed by atoms with van der Waals surface area (Å²) >= 11 is 0. The number of halogens is 1. The van der Waals surface area contributed by atoms with Gasteiger partial charge in [-0.2, -0.15) is 5.10 Å². The van der Waals surface area contributed by atoms with Gasteiger partial charge in [-0.3, -0.25) is 4.79 Å². The van der Waals surface area contributed by atoms with Crippen molar-refractivity contribution in [3.63, 3.8) is 0 Å². The van der Waals surface area contributed by atoms with Crippen molar-refractivity contribution in [2.75, 3.05) is 5.32 Å². The number of hydrogen-bond acceptors (Lipinski definition) is 3. The van der Waals surface area contributed by atoms with Crippen molar-refractivity contribution in [2.45, 2.75) is 34.1 Å². The van der Waals surface area contributed by atoms with E-state index in [4.69, 9.17) is 0 Å². The van der Waals surface area contributed by atoms with Crippen LogP contribution in [0.1, 0.15) is 39.8 Å². The first kappa shape index (κ1) is 19.8. The molecule has 0 atom stereocenters. The smallest absolute Gasteiger partial charge is 0.259 e. The molecular formula is C24H23FN4O. The lowest BCUT2D eigenvalue weighted by Gasteiger charge is -2.14. The summed E-state index contributed by atoms with van der Waals surface area (Å²) in [5, 5.41) is 7.64. The maximum absolute atomic E-state index is 13.3. The Labute approximate surface area is 174 Å². The molecule has 152 valence electrons. The minimum absolute atomic E-state index is 0.220. The zero-order valence-corrected chi connectivity index (χ0v) is 17.5. The molecule has 6 heteroatoms. The normalized spacial score (nSPS) is 11.1. The molecule has 0 aliphatic carbocycles. The molecule has 4 aromatic rings. The van der Waals surface area contributed by atoms with E-state index in [0.717, 1.165) is 40.1 Å². The molecule has 2 aromatic heterocycles. The van der Waals surface area contributed by atoms with Crippen molar-refractivity contribution in [3.05, 3.63) is 82.6 Å². The molecule has 1 N–H and O–H groups in total. The molecule has 0 radical (unpaired) electrons. The first-order valence-corrected chi connectivity index (χ1v) is 9.91. The van der Waals surface area contributed by atoms with Gasteiger partial charge < -0.3 is 5.32 Å². The Kier molecular flexibility index (Phi) is 5.08. The van der Waals surface area contributed by atoms with Crippen LogP contribution in [-0.4, -0.2) is 20.5 Å². The van der Waals surface area contributed by atoms with E-state index >= 15 is 0 Å². The summed E-state index contributed by atoms with van der Waals surface area (Å²) in [7, 11) is 0. The summed E-state index contributed by atoms with van der Waals surface area (Å²) in [6.45, 7) is 7.78. The van der Waals surface area contributed by atoms with Crippen LogP contribution in [0.15, 0.2) is 48.7 Å². The molecule has 0 aliphatic heterocycles. The molecule has 2 aromatic carbocycles. The Hall–Kier alpha value is -3.54. The molecule has 0 spiro atoms. The molecule has 0 unspecified atom stereocenters. The molecular weight excluding hydrogens is 379 g/mol. The lowest BCUT2D eigenvalue weighted by atomic mass is 10.1. The number of benzene rings is 2. The quantitative estimate of drug-likeness (QED) is 0.505. The maximum Gasteiger partial charge on any atom is 0.259 e. The summed E-state index contributed by atoms with van der Waals surface area (Å²) in [6, 6.07) is 12.2. The summed E-state index contributed by atoms with van der Waals surface area (Å²) < 4.78 is 15.0. The first-order valence-electron chi connectivity index (χ1n) is 9.91. The van der Waals surface area contributed by atoms with Gasteiger partial charge in [-0.25, -0.2) is 13.9 Å². The predicted octanol–water partition coefficient (Wildman–Crippen LogP) is 5.28. The highest BCUT2D eigenvalue weighted by molar-refractivity contribution is 6.06. The van der Waals surface area contributed by atoms with E-state index in [9.17, 15) is 9.18 Å². The maximum atomic E-state index is 13.3. The highest BCUT2D eigenvalue weighted by Crippen LogP contribution is 2.29. The van der Waals surface area contributed by atoms with Crippen molar-refractivity contribution >= 4 is 17.2 Å². The minimum atomic E-state index is -0.293. The zero-order valence-electron chi connectivity index (χ0n) is 17.5. The first-order chi connectivity index (χ1) is 14.4. The average molecular weight is 402 g/mol. The number of aryl methyl sites for hydroxylation is 4. The summed E-state index contributed by atoms with van der Waals surface area (Å²) in [5.41, 5.74) is 7.17. The van der Waals surface area contributed by atoms with Crippen LogP contribution in [0.5, 0.6) is 0 Å². The number of rotatable bonds is 4. The van der Waals surface area contributed by atoms with Crippen molar-refractivity contribution in [2.24, 2.45) is 0 Å². The number of anilines is 1. The summed E-state index contributed by atoms with van der Waals surface area (Å²) in [6.07, 6.45) is 2.41. The number of carbonyl (C=O) groups excluding carboxylic acids is 1. The van der Waals surface area contributed by atoms with Gasteiger partial charge in [-0.05, 0) is 56.0 Å². The van der Waals surface area contributed by atoms with Crippen molar-refractivity contribution < 1.29 is 9.18 Å². The van der Waals surface area contributed by atoms with Crippen LogP contribution in [0.4, 0.5) is 10.1 Å². The molecule has 0 bridgehead atoms. The van der Waals surface area contributed by atoms with E-state index in [1.165, 1.54) is 12.1 Å². The van der Waals surface area contributed by atoms with E-state index < -0.39 is 0 Å². The molecule has 30 heavy (non-hydrogen) atoms. The van der Waals surface area contributed by atoms with Crippen molar-refractivity contribution in [1.82, 2.24) is 14.6 Å². The number of carbonyl (C=O) groups is 1. The highest BCUT2D eigenvalue weighted by atomic mass is 19.1. The van der Waals surface area contributed by atoms with Crippen LogP contribution >= 0.6 is 0 Å². The molecule has 2 heterocycles. The van der Waals surface area contributed by atoms with E-state index in [1.807, 2.05) is 39.0 Å². The van der Waals surface area contributed by atoms with Crippen molar-refractivity contribution in [3.8, 4) is 11.1 Å². The van der Waals surface area contributed by atoms with E-state index in [2.05, 4.69) is 22.3 Å². The van der Waals surface area contributed by atoms with E-state index in [1.54, 1.807) is 22.8 Å². The zero-order chi connectivity index (χ0) is 21.4. The number of nitrogens with one attached hydrogen (secondary N) is 1. The van der Waals surface area contributed by atoms with Gasteiger partial charge in [0, 0.05) is 17.4 Å². The SMILES string of the molecule is CCc1cccc(C)c1NC(=O)c1cnc2c(-c3ccc(F)cc3)c(C)nn2c1C.